The smallest absolute Gasteiger partial charge is 0.490 e. The summed E-state index contributed by atoms with van der Waals surface area (Å²) in [5.74, 6) is -3.99. The molecule has 0 saturated heterocycles. The van der Waals surface area contributed by atoms with E-state index in [4.69, 9.17) is 25.5 Å². The van der Waals surface area contributed by atoms with Crippen LogP contribution in [0.4, 0.5) is 13.2 Å². The highest BCUT2D eigenvalue weighted by molar-refractivity contribution is 5.81. The van der Waals surface area contributed by atoms with Crippen molar-refractivity contribution in [2.24, 2.45) is 11.7 Å². The summed E-state index contributed by atoms with van der Waals surface area (Å²) in [6, 6.07) is 5.82. The Balaban J connectivity index is 0.00000191. The second kappa shape index (κ2) is 18.8. The van der Waals surface area contributed by atoms with E-state index >= 15 is 0 Å². The van der Waals surface area contributed by atoms with E-state index < -0.39 is 42.2 Å². The number of nitrogens with two attached hydrogens (primary N) is 1. The van der Waals surface area contributed by atoms with Gasteiger partial charge in [0.1, 0.15) is 5.75 Å². The van der Waals surface area contributed by atoms with Crippen LogP contribution in [0.3, 0.4) is 0 Å². The summed E-state index contributed by atoms with van der Waals surface area (Å²) in [6.45, 7) is 6.23. The lowest BCUT2D eigenvalue weighted by Gasteiger charge is -2.27. The topological polar surface area (TPSA) is 188 Å². The van der Waals surface area contributed by atoms with Crippen molar-refractivity contribution in [1.82, 2.24) is 10.6 Å². The number of unbranched alkanes of at least 4 members (excludes halogenated alkanes) is 1. The number of carbonyl (C=O) groups excluding carboxylic acids is 2. The molecule has 0 saturated carbocycles. The highest BCUT2D eigenvalue weighted by Crippen LogP contribution is 2.19. The molecule has 0 aliphatic carbocycles. The molecule has 11 nitrogen and oxygen atoms in total. The van der Waals surface area contributed by atoms with Gasteiger partial charge >= 0.3 is 18.1 Å². The lowest BCUT2D eigenvalue weighted by molar-refractivity contribution is -0.192. The largest absolute Gasteiger partial charge is 0.494 e. The molecule has 228 valence electrons. The molecule has 0 heterocycles. The zero-order valence-electron chi connectivity index (χ0n) is 22.9. The summed E-state index contributed by atoms with van der Waals surface area (Å²) in [7, 11) is 0. The van der Waals surface area contributed by atoms with Crippen LogP contribution in [0.1, 0.15) is 58.4 Å². The number of carbonyl (C=O) groups is 4. The SMILES string of the molecule is CCCCNC(=O)C(C)CC(O)C(Cc1cccc(OCCCC(=O)O)c1)NC(=O)C(C)N.O=C(O)C(F)(F)F. The zero-order chi connectivity index (χ0) is 30.9. The van der Waals surface area contributed by atoms with Crippen molar-refractivity contribution in [3.63, 3.8) is 0 Å². The number of aliphatic hydroxyl groups excluding tert-OH is 1. The summed E-state index contributed by atoms with van der Waals surface area (Å²) >= 11 is 0. The molecule has 14 heteroatoms. The maximum atomic E-state index is 12.3. The molecule has 4 atom stereocenters. The third-order valence-electron chi connectivity index (χ3n) is 5.48. The molecule has 7 N–H and O–H groups in total. The molecule has 0 bridgehead atoms. The Morgan fingerprint density at radius 2 is 1.70 bits per heavy atom. The van der Waals surface area contributed by atoms with Gasteiger partial charge in [-0.05, 0) is 50.3 Å². The van der Waals surface area contributed by atoms with Crippen molar-refractivity contribution in [2.75, 3.05) is 13.2 Å². The first-order valence-electron chi connectivity index (χ1n) is 12.8. The minimum atomic E-state index is -5.08. The monoisotopic (exact) mass is 579 g/mol. The first-order valence-corrected chi connectivity index (χ1v) is 12.8. The fourth-order valence-corrected chi connectivity index (χ4v) is 3.22. The van der Waals surface area contributed by atoms with Crippen LogP contribution in [0.25, 0.3) is 0 Å². The van der Waals surface area contributed by atoms with Crippen molar-refractivity contribution < 1.29 is 52.4 Å². The molecular formula is C26H40F3N3O8. The lowest BCUT2D eigenvalue weighted by Crippen LogP contribution is -2.50. The van der Waals surface area contributed by atoms with Gasteiger partial charge in [-0.3, -0.25) is 14.4 Å². The molecule has 0 aliphatic rings. The number of aliphatic hydroxyl groups is 1. The van der Waals surface area contributed by atoms with Crippen LogP contribution in [0.2, 0.25) is 0 Å². The van der Waals surface area contributed by atoms with Gasteiger partial charge in [0.15, 0.2) is 0 Å². The van der Waals surface area contributed by atoms with E-state index in [1.807, 2.05) is 13.0 Å². The summed E-state index contributed by atoms with van der Waals surface area (Å²) in [5, 5.41) is 32.4. The number of nitrogens with one attached hydrogen (secondary N) is 2. The third-order valence-corrected chi connectivity index (χ3v) is 5.48. The number of aliphatic carboxylic acids is 2. The number of ether oxygens (including phenoxy) is 1. The van der Waals surface area contributed by atoms with Gasteiger partial charge in [0.05, 0.1) is 24.8 Å². The summed E-state index contributed by atoms with van der Waals surface area (Å²) in [5.41, 5.74) is 6.51. The number of amides is 2. The fourth-order valence-electron chi connectivity index (χ4n) is 3.22. The first-order chi connectivity index (χ1) is 18.6. The van der Waals surface area contributed by atoms with Gasteiger partial charge in [0.2, 0.25) is 11.8 Å². The van der Waals surface area contributed by atoms with Crippen LogP contribution in [-0.2, 0) is 25.6 Å². The number of carboxylic acids is 2. The predicted octanol–water partition coefficient (Wildman–Crippen LogP) is 2.24. The van der Waals surface area contributed by atoms with E-state index in [9.17, 15) is 32.7 Å². The van der Waals surface area contributed by atoms with Crippen LogP contribution in [0, 0.1) is 5.92 Å². The highest BCUT2D eigenvalue weighted by atomic mass is 19.4. The number of carboxylic acid groups (broad SMARTS) is 2. The number of benzene rings is 1. The third kappa shape index (κ3) is 16.5. The van der Waals surface area contributed by atoms with Crippen LogP contribution < -0.4 is 21.1 Å². The van der Waals surface area contributed by atoms with Gasteiger partial charge in [-0.1, -0.05) is 32.4 Å². The second-order valence-corrected chi connectivity index (χ2v) is 9.25. The van der Waals surface area contributed by atoms with Gasteiger partial charge in [-0.2, -0.15) is 13.2 Å². The molecule has 1 aromatic carbocycles. The fraction of sp³-hybridized carbons (Fsp3) is 0.615. The molecule has 1 aromatic rings. The minimum Gasteiger partial charge on any atom is -0.494 e. The Hall–Kier alpha value is -3.39. The predicted molar refractivity (Wildman–Crippen MR) is 139 cm³/mol. The highest BCUT2D eigenvalue weighted by Gasteiger charge is 2.38. The first kappa shape index (κ1) is 36.6. The number of hydrogen-bond acceptors (Lipinski definition) is 7. The lowest BCUT2D eigenvalue weighted by atomic mass is 9.93. The molecule has 0 fully saturated rings. The van der Waals surface area contributed by atoms with E-state index in [-0.39, 0.29) is 31.3 Å². The second-order valence-electron chi connectivity index (χ2n) is 9.25. The summed E-state index contributed by atoms with van der Waals surface area (Å²) in [4.78, 5) is 44.1. The maximum Gasteiger partial charge on any atom is 0.490 e. The number of halogens is 3. The number of hydrogen-bond donors (Lipinski definition) is 6. The molecule has 4 unspecified atom stereocenters. The Morgan fingerprint density at radius 1 is 1.07 bits per heavy atom. The van der Waals surface area contributed by atoms with Gasteiger partial charge in [0, 0.05) is 18.9 Å². The standard InChI is InChI=1S/C24H39N3O6.C2HF3O2/c1-4-5-11-26-23(31)16(2)13-21(28)20(27-24(32)17(3)25)15-18-8-6-9-19(14-18)33-12-7-10-22(29)30;3-2(4,5)1(6)7/h6,8-9,14,16-17,20-21,28H,4-5,7,10-13,15,25H2,1-3H3,(H,26,31)(H,27,32)(H,29,30);(H,6,7). The molecule has 0 radical (unpaired) electrons. The molecule has 0 aliphatic heterocycles. The van der Waals surface area contributed by atoms with E-state index in [1.165, 1.54) is 0 Å². The van der Waals surface area contributed by atoms with Crippen molar-refractivity contribution in [3.8, 4) is 5.75 Å². The Kier molecular flexibility index (Phi) is 17.2. The molecule has 2 amide bonds. The van der Waals surface area contributed by atoms with Crippen molar-refractivity contribution in [1.29, 1.82) is 0 Å². The Morgan fingerprint density at radius 3 is 2.23 bits per heavy atom. The molecule has 40 heavy (non-hydrogen) atoms. The Bertz CT molecular complexity index is 944. The Labute approximate surface area is 231 Å². The van der Waals surface area contributed by atoms with Crippen molar-refractivity contribution in [3.05, 3.63) is 29.8 Å². The van der Waals surface area contributed by atoms with Crippen molar-refractivity contribution >= 4 is 23.8 Å². The molecule has 0 aromatic heterocycles. The molecule has 0 spiro atoms. The maximum absolute atomic E-state index is 12.3. The van der Waals surface area contributed by atoms with Gasteiger partial charge < -0.3 is 36.4 Å². The summed E-state index contributed by atoms with van der Waals surface area (Å²) < 4.78 is 37.4. The zero-order valence-corrected chi connectivity index (χ0v) is 22.9. The van der Waals surface area contributed by atoms with Crippen LogP contribution in [-0.4, -0.2) is 76.6 Å². The van der Waals surface area contributed by atoms with Crippen LogP contribution in [0.15, 0.2) is 24.3 Å². The van der Waals surface area contributed by atoms with Crippen LogP contribution in [0.5, 0.6) is 5.75 Å². The normalized spacial score (nSPS) is 14.0. The summed E-state index contributed by atoms with van der Waals surface area (Å²) in [6.07, 6.45) is -3.25. The van der Waals surface area contributed by atoms with Gasteiger partial charge in [-0.15, -0.1) is 0 Å². The van der Waals surface area contributed by atoms with E-state index in [1.54, 1.807) is 32.0 Å². The van der Waals surface area contributed by atoms with E-state index in [2.05, 4.69) is 10.6 Å². The molecule has 1 rings (SSSR count). The number of rotatable bonds is 16. The molecular weight excluding hydrogens is 539 g/mol. The van der Waals surface area contributed by atoms with Crippen LogP contribution >= 0.6 is 0 Å². The van der Waals surface area contributed by atoms with E-state index in [0.29, 0.717) is 25.1 Å². The average Bonchev–Trinajstić information content (AvgIpc) is 2.86. The average molecular weight is 580 g/mol. The number of alkyl halides is 3. The van der Waals surface area contributed by atoms with Gasteiger partial charge in [0.25, 0.3) is 0 Å². The van der Waals surface area contributed by atoms with Crippen molar-refractivity contribution in [2.45, 2.75) is 83.7 Å². The van der Waals surface area contributed by atoms with E-state index in [0.717, 1.165) is 18.4 Å². The minimum absolute atomic E-state index is 0.0292. The quantitative estimate of drug-likeness (QED) is 0.160. The van der Waals surface area contributed by atoms with Gasteiger partial charge in [-0.25, -0.2) is 4.79 Å².